The van der Waals surface area contributed by atoms with Crippen LogP contribution in [0.25, 0.3) is 0 Å². The van der Waals surface area contributed by atoms with E-state index in [4.69, 9.17) is 17.3 Å². The Morgan fingerprint density at radius 1 is 1.15 bits per heavy atom. The number of hydrogen-bond donors (Lipinski definition) is 2. The van der Waals surface area contributed by atoms with E-state index >= 15 is 0 Å². The Balaban J connectivity index is 2.37. The highest BCUT2D eigenvalue weighted by molar-refractivity contribution is 6.30. The van der Waals surface area contributed by atoms with E-state index in [2.05, 4.69) is 5.32 Å². The molecule has 0 spiro atoms. The van der Waals surface area contributed by atoms with Crippen molar-refractivity contribution in [3.63, 3.8) is 0 Å². The summed E-state index contributed by atoms with van der Waals surface area (Å²) in [5, 5.41) is 3.85. The highest BCUT2D eigenvalue weighted by atomic mass is 35.5. The molecule has 3 N–H and O–H groups in total. The molecule has 2 aromatic rings. The van der Waals surface area contributed by atoms with Crippen molar-refractivity contribution in [1.29, 1.82) is 0 Å². The molecule has 1 amide bonds. The van der Waals surface area contributed by atoms with Crippen LogP contribution in [-0.4, -0.2) is 5.91 Å². The average Bonchev–Trinajstić information content (AvgIpc) is 2.38. The molecular weight excluding hydrogens is 272 g/mol. The number of hydrogen-bond acceptors (Lipinski definition) is 2. The predicted molar refractivity (Wildman–Crippen MR) is 82.9 cm³/mol. The average molecular weight is 289 g/mol. The van der Waals surface area contributed by atoms with Crippen molar-refractivity contribution in [3.05, 3.63) is 64.2 Å². The van der Waals surface area contributed by atoms with Crippen molar-refractivity contribution in [1.82, 2.24) is 0 Å². The molecule has 0 saturated heterocycles. The third kappa shape index (κ3) is 3.11. The van der Waals surface area contributed by atoms with E-state index in [-0.39, 0.29) is 0 Å². The van der Waals surface area contributed by atoms with Crippen molar-refractivity contribution in [2.75, 3.05) is 5.32 Å². The van der Waals surface area contributed by atoms with Crippen LogP contribution in [0.5, 0.6) is 0 Å². The van der Waals surface area contributed by atoms with E-state index in [0.29, 0.717) is 5.02 Å². The number of nitrogens with two attached hydrogens (primary N) is 1. The molecular formula is C16H17ClN2O. The first kappa shape index (κ1) is 14.4. The Bertz CT molecular complexity index is 640. The number of halogens is 1. The van der Waals surface area contributed by atoms with Crippen LogP contribution in [0.15, 0.2) is 42.5 Å². The van der Waals surface area contributed by atoms with Gasteiger partial charge in [0.15, 0.2) is 0 Å². The lowest BCUT2D eigenvalue weighted by Gasteiger charge is -2.20. The molecule has 2 rings (SSSR count). The predicted octanol–water partition coefficient (Wildman–Crippen LogP) is 3.60. The Kier molecular flexibility index (Phi) is 4.30. The van der Waals surface area contributed by atoms with E-state index in [0.717, 1.165) is 22.4 Å². The lowest BCUT2D eigenvalue weighted by molar-refractivity contribution is -0.118. The molecule has 0 heterocycles. The molecule has 0 aliphatic carbocycles. The molecule has 104 valence electrons. The van der Waals surface area contributed by atoms with Crippen molar-refractivity contribution in [2.24, 2.45) is 5.73 Å². The zero-order valence-electron chi connectivity index (χ0n) is 11.5. The molecule has 0 fully saturated rings. The summed E-state index contributed by atoms with van der Waals surface area (Å²) >= 11 is 5.95. The van der Waals surface area contributed by atoms with E-state index in [1.807, 2.05) is 50.2 Å². The van der Waals surface area contributed by atoms with Crippen LogP contribution in [0.2, 0.25) is 5.02 Å². The lowest BCUT2D eigenvalue weighted by atomic mass is 10.00. The van der Waals surface area contributed by atoms with Gasteiger partial charge >= 0.3 is 0 Å². The maximum Gasteiger partial charge on any atom is 0.244 e. The van der Waals surface area contributed by atoms with Gasteiger partial charge in [-0.3, -0.25) is 4.79 Å². The molecule has 2 aromatic carbocycles. The van der Waals surface area contributed by atoms with Crippen LogP contribution in [0.3, 0.4) is 0 Å². The summed E-state index contributed by atoms with van der Waals surface area (Å²) in [6.45, 7) is 3.89. The summed E-state index contributed by atoms with van der Waals surface area (Å²) in [5.74, 6) is -0.418. The van der Waals surface area contributed by atoms with E-state index in [1.54, 1.807) is 6.07 Å². The summed E-state index contributed by atoms with van der Waals surface area (Å²) < 4.78 is 0. The molecule has 0 saturated carbocycles. The number of para-hydroxylation sites is 1. The minimum atomic E-state index is -0.576. The van der Waals surface area contributed by atoms with Gasteiger partial charge in [-0.05, 0) is 48.7 Å². The molecule has 3 nitrogen and oxygen atoms in total. The molecule has 0 aliphatic heterocycles. The van der Waals surface area contributed by atoms with Gasteiger partial charge in [0.2, 0.25) is 5.91 Å². The number of aryl methyl sites for hydroxylation is 2. The highest BCUT2D eigenvalue weighted by Gasteiger charge is 2.20. The van der Waals surface area contributed by atoms with Gasteiger partial charge < -0.3 is 11.1 Å². The maximum atomic E-state index is 11.8. The second-order valence-electron chi connectivity index (χ2n) is 4.80. The Morgan fingerprint density at radius 2 is 1.85 bits per heavy atom. The van der Waals surface area contributed by atoms with Gasteiger partial charge in [0.05, 0.1) is 0 Å². The van der Waals surface area contributed by atoms with Crippen LogP contribution in [0.1, 0.15) is 22.7 Å². The first-order valence-electron chi connectivity index (χ1n) is 6.36. The summed E-state index contributed by atoms with van der Waals surface area (Å²) in [4.78, 5) is 11.8. The van der Waals surface area contributed by atoms with Crippen molar-refractivity contribution in [2.45, 2.75) is 19.9 Å². The SMILES string of the molecule is Cc1ccccc1NC(C(N)=O)c1ccc(Cl)cc1C. The van der Waals surface area contributed by atoms with Crippen LogP contribution in [0.4, 0.5) is 5.69 Å². The summed E-state index contributed by atoms with van der Waals surface area (Å²) in [5.41, 5.74) is 9.26. The molecule has 0 bridgehead atoms. The molecule has 4 heteroatoms. The van der Waals surface area contributed by atoms with Gasteiger partial charge in [-0.1, -0.05) is 35.9 Å². The summed E-state index contributed by atoms with van der Waals surface area (Å²) in [6.07, 6.45) is 0. The molecule has 0 radical (unpaired) electrons. The maximum absolute atomic E-state index is 11.8. The summed E-state index contributed by atoms with van der Waals surface area (Å²) in [6, 6.07) is 12.6. The molecule has 0 aromatic heterocycles. The van der Waals surface area contributed by atoms with Gasteiger partial charge in [0, 0.05) is 10.7 Å². The largest absolute Gasteiger partial charge is 0.370 e. The first-order chi connectivity index (χ1) is 9.49. The number of anilines is 1. The third-order valence-corrected chi connectivity index (χ3v) is 3.51. The van der Waals surface area contributed by atoms with Crippen LogP contribution < -0.4 is 11.1 Å². The van der Waals surface area contributed by atoms with E-state index in [9.17, 15) is 4.79 Å². The number of carbonyl (C=O) groups is 1. The van der Waals surface area contributed by atoms with Gasteiger partial charge in [-0.2, -0.15) is 0 Å². The van der Waals surface area contributed by atoms with Crippen molar-refractivity contribution in [3.8, 4) is 0 Å². The number of rotatable bonds is 4. The van der Waals surface area contributed by atoms with Gasteiger partial charge in [0.25, 0.3) is 0 Å². The third-order valence-electron chi connectivity index (χ3n) is 3.27. The topological polar surface area (TPSA) is 55.1 Å². The van der Waals surface area contributed by atoms with Gasteiger partial charge in [-0.25, -0.2) is 0 Å². The monoisotopic (exact) mass is 288 g/mol. The normalized spacial score (nSPS) is 11.9. The second-order valence-corrected chi connectivity index (χ2v) is 5.23. The standard InChI is InChI=1S/C16H17ClN2O/c1-10-5-3-4-6-14(10)19-15(16(18)20)13-8-7-12(17)9-11(13)2/h3-9,15,19H,1-2H3,(H2,18,20). The molecule has 0 aliphatic rings. The Hall–Kier alpha value is -2.00. The van der Waals surface area contributed by atoms with Crippen LogP contribution in [-0.2, 0) is 4.79 Å². The molecule has 1 atom stereocenters. The minimum Gasteiger partial charge on any atom is -0.370 e. The smallest absolute Gasteiger partial charge is 0.244 e. The number of carbonyl (C=O) groups excluding carboxylic acids is 1. The zero-order valence-corrected chi connectivity index (χ0v) is 12.2. The van der Waals surface area contributed by atoms with Crippen LogP contribution >= 0.6 is 11.6 Å². The summed E-state index contributed by atoms with van der Waals surface area (Å²) in [7, 11) is 0. The van der Waals surface area contributed by atoms with Crippen LogP contribution in [0, 0.1) is 13.8 Å². The van der Waals surface area contributed by atoms with Crippen molar-refractivity contribution < 1.29 is 4.79 Å². The highest BCUT2D eigenvalue weighted by Crippen LogP contribution is 2.26. The second kappa shape index (κ2) is 5.97. The van der Waals surface area contributed by atoms with E-state index < -0.39 is 11.9 Å². The molecule has 1 unspecified atom stereocenters. The molecule has 20 heavy (non-hydrogen) atoms. The number of benzene rings is 2. The van der Waals surface area contributed by atoms with Crippen molar-refractivity contribution >= 4 is 23.2 Å². The zero-order chi connectivity index (χ0) is 14.7. The fraction of sp³-hybridized carbons (Fsp3) is 0.188. The quantitative estimate of drug-likeness (QED) is 0.903. The Labute approximate surface area is 123 Å². The first-order valence-corrected chi connectivity index (χ1v) is 6.74. The number of primary amides is 1. The van der Waals surface area contributed by atoms with E-state index in [1.165, 1.54) is 0 Å². The van der Waals surface area contributed by atoms with Gasteiger partial charge in [-0.15, -0.1) is 0 Å². The van der Waals surface area contributed by atoms with Gasteiger partial charge in [0.1, 0.15) is 6.04 Å². The number of amides is 1. The lowest BCUT2D eigenvalue weighted by Crippen LogP contribution is -2.28. The fourth-order valence-corrected chi connectivity index (χ4v) is 2.38. The Morgan fingerprint density at radius 3 is 2.45 bits per heavy atom. The minimum absolute atomic E-state index is 0.418. The number of nitrogens with one attached hydrogen (secondary N) is 1. The fourth-order valence-electron chi connectivity index (χ4n) is 2.16.